The number of amides is 2. The maximum atomic E-state index is 13.0. The van der Waals surface area contributed by atoms with Crippen molar-refractivity contribution in [2.24, 2.45) is 0 Å². The van der Waals surface area contributed by atoms with Crippen LogP contribution in [0.15, 0.2) is 72.9 Å². The van der Waals surface area contributed by atoms with Gasteiger partial charge in [0.05, 0.1) is 11.1 Å². The van der Waals surface area contributed by atoms with Gasteiger partial charge in [0.25, 0.3) is 11.8 Å². The number of halogens is 3. The number of hydrazine groups is 1. The number of rotatable bonds is 4. The van der Waals surface area contributed by atoms with Gasteiger partial charge in [-0.1, -0.05) is 30.3 Å². The van der Waals surface area contributed by atoms with E-state index in [1.54, 1.807) is 30.3 Å². The molecule has 0 aliphatic heterocycles. The highest BCUT2D eigenvalue weighted by Gasteiger charge is 2.34. The van der Waals surface area contributed by atoms with Crippen molar-refractivity contribution < 1.29 is 27.5 Å². The van der Waals surface area contributed by atoms with Crippen molar-refractivity contribution in [3.05, 3.63) is 89.6 Å². The molecule has 6 nitrogen and oxygen atoms in total. The number of carbonyl (C=O) groups is 2. The number of hydrogen-bond donors (Lipinski definition) is 2. The van der Waals surface area contributed by atoms with E-state index in [9.17, 15) is 22.8 Å². The Morgan fingerprint density at radius 3 is 2.07 bits per heavy atom. The minimum absolute atomic E-state index is 0.0132. The number of carbonyl (C=O) groups excluding carboxylic acids is 2. The molecule has 1 aromatic heterocycles. The molecule has 3 aromatic rings. The predicted octanol–water partition coefficient (Wildman–Crippen LogP) is 3.97. The Morgan fingerprint density at radius 1 is 0.793 bits per heavy atom. The molecule has 1 heterocycles. The molecular weight excluding hydrogens is 387 g/mol. The van der Waals surface area contributed by atoms with Gasteiger partial charge in [-0.2, -0.15) is 13.2 Å². The lowest BCUT2D eigenvalue weighted by atomic mass is 10.1. The maximum absolute atomic E-state index is 13.0. The monoisotopic (exact) mass is 401 g/mol. The maximum Gasteiger partial charge on any atom is 0.417 e. The van der Waals surface area contributed by atoms with E-state index in [2.05, 4.69) is 10.4 Å². The van der Waals surface area contributed by atoms with E-state index in [1.165, 1.54) is 30.5 Å². The van der Waals surface area contributed by atoms with Crippen molar-refractivity contribution in [1.82, 2.24) is 15.8 Å². The lowest BCUT2D eigenvalue weighted by molar-refractivity contribution is -0.137. The van der Waals surface area contributed by atoms with E-state index >= 15 is 0 Å². The van der Waals surface area contributed by atoms with Gasteiger partial charge in [-0.05, 0) is 36.4 Å². The smallest absolute Gasteiger partial charge is 0.417 e. The minimum atomic E-state index is -4.71. The van der Waals surface area contributed by atoms with Gasteiger partial charge in [0, 0.05) is 6.20 Å². The molecule has 0 spiro atoms. The van der Waals surface area contributed by atoms with Crippen LogP contribution in [-0.4, -0.2) is 16.8 Å². The molecule has 0 saturated heterocycles. The first kappa shape index (κ1) is 19.9. The first-order valence-corrected chi connectivity index (χ1v) is 8.31. The number of hydrogen-bond acceptors (Lipinski definition) is 4. The lowest BCUT2D eigenvalue weighted by Gasteiger charge is -2.14. The van der Waals surface area contributed by atoms with Crippen LogP contribution in [0.4, 0.5) is 13.2 Å². The van der Waals surface area contributed by atoms with Crippen LogP contribution in [0.3, 0.4) is 0 Å². The number of nitrogens with zero attached hydrogens (tertiary/aromatic N) is 1. The second kappa shape index (κ2) is 8.42. The van der Waals surface area contributed by atoms with Gasteiger partial charge in [-0.15, -0.1) is 0 Å². The Hall–Kier alpha value is -3.88. The fourth-order valence-electron chi connectivity index (χ4n) is 2.42. The molecule has 0 fully saturated rings. The fourth-order valence-corrected chi connectivity index (χ4v) is 2.42. The number of pyridine rings is 1. The Balaban J connectivity index is 1.73. The number of para-hydroxylation sites is 1. The van der Waals surface area contributed by atoms with Crippen LogP contribution in [0.5, 0.6) is 11.6 Å². The number of nitrogens with one attached hydrogen (secondary N) is 2. The van der Waals surface area contributed by atoms with Crippen molar-refractivity contribution in [2.75, 3.05) is 0 Å². The normalized spacial score (nSPS) is 10.9. The average molecular weight is 401 g/mol. The number of benzene rings is 2. The second-order valence-electron chi connectivity index (χ2n) is 5.72. The summed E-state index contributed by atoms with van der Waals surface area (Å²) < 4.78 is 44.7. The predicted molar refractivity (Wildman–Crippen MR) is 97.1 cm³/mol. The van der Waals surface area contributed by atoms with E-state index in [-0.39, 0.29) is 11.4 Å². The van der Waals surface area contributed by atoms with Crippen LogP contribution in [-0.2, 0) is 6.18 Å². The van der Waals surface area contributed by atoms with Gasteiger partial charge in [0.1, 0.15) is 11.3 Å². The van der Waals surface area contributed by atoms with Crippen LogP contribution >= 0.6 is 0 Å². The third-order valence-electron chi connectivity index (χ3n) is 3.74. The molecule has 29 heavy (non-hydrogen) atoms. The molecule has 0 radical (unpaired) electrons. The summed E-state index contributed by atoms with van der Waals surface area (Å²) in [6.45, 7) is 0. The minimum Gasteiger partial charge on any atom is -0.438 e. The van der Waals surface area contributed by atoms with Crippen molar-refractivity contribution in [3.63, 3.8) is 0 Å². The van der Waals surface area contributed by atoms with Gasteiger partial charge in [0.2, 0.25) is 5.88 Å². The topological polar surface area (TPSA) is 80.3 Å². The van der Waals surface area contributed by atoms with Crippen LogP contribution in [0.1, 0.15) is 26.3 Å². The molecule has 0 unspecified atom stereocenters. The first-order chi connectivity index (χ1) is 13.9. The van der Waals surface area contributed by atoms with E-state index in [0.29, 0.717) is 5.75 Å². The number of alkyl halides is 3. The second-order valence-corrected chi connectivity index (χ2v) is 5.72. The molecule has 148 valence electrons. The third kappa shape index (κ3) is 4.89. The SMILES string of the molecule is O=C(NNC(=O)c1cccnc1Oc1ccccc1)c1ccccc1C(F)(F)F. The summed E-state index contributed by atoms with van der Waals surface area (Å²) in [7, 11) is 0. The lowest BCUT2D eigenvalue weighted by Crippen LogP contribution is -2.42. The van der Waals surface area contributed by atoms with Gasteiger partial charge in [-0.25, -0.2) is 4.98 Å². The van der Waals surface area contributed by atoms with Crippen molar-refractivity contribution in [1.29, 1.82) is 0 Å². The van der Waals surface area contributed by atoms with Crippen LogP contribution in [0.25, 0.3) is 0 Å². The highest BCUT2D eigenvalue weighted by molar-refractivity contribution is 6.00. The summed E-state index contributed by atoms with van der Waals surface area (Å²) in [6.07, 6.45) is -3.30. The molecule has 0 saturated carbocycles. The Bertz CT molecular complexity index is 1020. The van der Waals surface area contributed by atoms with Gasteiger partial charge < -0.3 is 4.74 Å². The van der Waals surface area contributed by atoms with Crippen LogP contribution in [0, 0.1) is 0 Å². The Kier molecular flexibility index (Phi) is 5.77. The summed E-state index contributed by atoms with van der Waals surface area (Å²) in [6, 6.07) is 15.7. The van der Waals surface area contributed by atoms with Crippen molar-refractivity contribution >= 4 is 11.8 Å². The van der Waals surface area contributed by atoms with Gasteiger partial charge >= 0.3 is 6.18 Å². The first-order valence-electron chi connectivity index (χ1n) is 8.31. The van der Waals surface area contributed by atoms with E-state index < -0.39 is 29.1 Å². The standard InChI is InChI=1S/C20H14F3N3O3/c21-20(22,23)16-11-5-4-9-14(16)17(27)25-26-18(28)15-10-6-12-24-19(15)29-13-7-2-1-3-8-13/h1-12H,(H,25,27)(H,26,28). The molecule has 0 atom stereocenters. The molecule has 2 amide bonds. The summed E-state index contributed by atoms with van der Waals surface area (Å²) >= 11 is 0. The number of aromatic nitrogens is 1. The summed E-state index contributed by atoms with van der Waals surface area (Å²) in [5.74, 6) is -1.51. The number of ether oxygens (including phenoxy) is 1. The van der Waals surface area contributed by atoms with E-state index in [1.807, 2.05) is 5.43 Å². The molecule has 0 bridgehead atoms. The summed E-state index contributed by atoms with van der Waals surface area (Å²) in [4.78, 5) is 28.5. The quantitative estimate of drug-likeness (QED) is 0.649. The van der Waals surface area contributed by atoms with Crippen molar-refractivity contribution in [3.8, 4) is 11.6 Å². The summed E-state index contributed by atoms with van der Waals surface area (Å²) in [5, 5.41) is 0. The Morgan fingerprint density at radius 2 is 1.38 bits per heavy atom. The zero-order valence-electron chi connectivity index (χ0n) is 14.7. The van der Waals surface area contributed by atoms with Gasteiger partial charge in [-0.3, -0.25) is 20.4 Å². The molecule has 0 aliphatic rings. The average Bonchev–Trinajstić information content (AvgIpc) is 2.72. The highest BCUT2D eigenvalue weighted by Crippen LogP contribution is 2.31. The van der Waals surface area contributed by atoms with Gasteiger partial charge in [0.15, 0.2) is 0 Å². The third-order valence-corrected chi connectivity index (χ3v) is 3.74. The molecule has 3 rings (SSSR count). The zero-order valence-corrected chi connectivity index (χ0v) is 14.7. The molecular formula is C20H14F3N3O3. The highest BCUT2D eigenvalue weighted by atomic mass is 19.4. The van der Waals surface area contributed by atoms with Crippen LogP contribution in [0.2, 0.25) is 0 Å². The molecule has 2 aromatic carbocycles. The van der Waals surface area contributed by atoms with E-state index in [4.69, 9.17) is 4.74 Å². The fraction of sp³-hybridized carbons (Fsp3) is 0.0500. The zero-order chi connectivity index (χ0) is 20.9. The summed E-state index contributed by atoms with van der Waals surface area (Å²) in [5.41, 5.74) is 2.31. The molecule has 9 heteroatoms. The van der Waals surface area contributed by atoms with Crippen molar-refractivity contribution in [2.45, 2.75) is 6.18 Å². The Labute approximate surface area is 163 Å². The van der Waals surface area contributed by atoms with Crippen LogP contribution < -0.4 is 15.6 Å². The molecule has 0 aliphatic carbocycles. The largest absolute Gasteiger partial charge is 0.438 e. The van der Waals surface area contributed by atoms with E-state index in [0.717, 1.165) is 12.1 Å². The molecule has 2 N–H and O–H groups in total.